The monoisotopic (exact) mass is 310 g/mol. The zero-order valence-electron chi connectivity index (χ0n) is 12.7. The molecule has 1 saturated heterocycles. The Balaban J connectivity index is 2.12. The van der Waals surface area contributed by atoms with E-state index in [-0.39, 0.29) is 17.4 Å². The van der Waals surface area contributed by atoms with Gasteiger partial charge in [0, 0.05) is 17.8 Å². The van der Waals surface area contributed by atoms with Gasteiger partial charge in [0.15, 0.2) is 9.84 Å². The van der Waals surface area contributed by atoms with E-state index in [0.717, 1.165) is 17.8 Å². The fourth-order valence-electron chi connectivity index (χ4n) is 2.65. The third kappa shape index (κ3) is 3.75. The van der Waals surface area contributed by atoms with E-state index in [2.05, 4.69) is 10.6 Å². The number of nitrogens with one attached hydrogen (secondary N) is 2. The predicted molar refractivity (Wildman–Crippen MR) is 84.5 cm³/mol. The van der Waals surface area contributed by atoms with Gasteiger partial charge in [-0.05, 0) is 51.0 Å². The fraction of sp³-hybridized carbons (Fsp3) is 0.533. The van der Waals surface area contributed by atoms with Crippen molar-refractivity contribution in [1.29, 1.82) is 0 Å². The van der Waals surface area contributed by atoms with E-state index in [4.69, 9.17) is 0 Å². The van der Waals surface area contributed by atoms with Gasteiger partial charge >= 0.3 is 0 Å². The van der Waals surface area contributed by atoms with Crippen LogP contribution in [0, 0.1) is 6.92 Å². The molecule has 0 aromatic heterocycles. The Bertz CT molecular complexity index is 655. The average molecular weight is 310 g/mol. The van der Waals surface area contributed by atoms with Crippen LogP contribution in [0.25, 0.3) is 0 Å². The lowest BCUT2D eigenvalue weighted by atomic mass is 10.0. The normalized spacial score (nSPS) is 23.8. The van der Waals surface area contributed by atoms with E-state index in [9.17, 15) is 13.2 Å². The molecule has 0 aliphatic carbocycles. The van der Waals surface area contributed by atoms with E-state index >= 15 is 0 Å². The summed E-state index contributed by atoms with van der Waals surface area (Å²) in [5, 5.41) is 6.09. The number of hydrogen-bond acceptors (Lipinski definition) is 4. The highest BCUT2D eigenvalue weighted by Crippen LogP contribution is 2.24. The van der Waals surface area contributed by atoms with Crippen LogP contribution >= 0.6 is 0 Å². The smallest absolute Gasteiger partial charge is 0.251 e. The lowest BCUT2D eigenvalue weighted by Gasteiger charge is -2.24. The van der Waals surface area contributed by atoms with Gasteiger partial charge in [-0.2, -0.15) is 0 Å². The third-order valence-corrected chi connectivity index (χ3v) is 5.68. The van der Waals surface area contributed by atoms with Crippen molar-refractivity contribution in [3.63, 3.8) is 0 Å². The highest BCUT2D eigenvalue weighted by molar-refractivity contribution is 7.91. The number of aryl methyl sites for hydroxylation is 1. The van der Waals surface area contributed by atoms with Crippen molar-refractivity contribution in [3.8, 4) is 0 Å². The Hall–Kier alpha value is -1.56. The molecule has 1 amide bonds. The summed E-state index contributed by atoms with van der Waals surface area (Å²) in [5.74, 6) is -0.0664. The summed E-state index contributed by atoms with van der Waals surface area (Å²) < 4.78 is 23.2. The Kier molecular flexibility index (Phi) is 4.27. The first kappa shape index (κ1) is 15.8. The molecule has 2 rings (SSSR count). The molecule has 0 bridgehead atoms. The predicted octanol–water partition coefficient (Wildman–Crippen LogP) is 1.73. The van der Waals surface area contributed by atoms with Gasteiger partial charge in [0.2, 0.25) is 0 Å². The highest BCUT2D eigenvalue weighted by atomic mass is 32.2. The number of sulfone groups is 1. The Morgan fingerprint density at radius 2 is 2.10 bits per heavy atom. The van der Waals surface area contributed by atoms with Crippen LogP contribution in [0.3, 0.4) is 0 Å². The second kappa shape index (κ2) is 5.67. The first-order chi connectivity index (χ1) is 9.75. The van der Waals surface area contributed by atoms with Crippen LogP contribution in [0.15, 0.2) is 18.2 Å². The molecule has 21 heavy (non-hydrogen) atoms. The number of benzene rings is 1. The number of carbonyl (C=O) groups is 1. The maximum Gasteiger partial charge on any atom is 0.251 e. The summed E-state index contributed by atoms with van der Waals surface area (Å²) in [6, 6.07) is 5.45. The third-order valence-electron chi connectivity index (χ3n) is 3.77. The van der Waals surface area contributed by atoms with E-state index in [1.165, 1.54) is 0 Å². The number of hydrogen-bond donors (Lipinski definition) is 2. The average Bonchev–Trinajstić information content (AvgIpc) is 2.66. The molecule has 1 aliphatic rings. The summed E-state index contributed by atoms with van der Waals surface area (Å²) in [7, 11) is -3.03. The van der Waals surface area contributed by atoms with Gasteiger partial charge in [0.1, 0.15) is 0 Å². The molecule has 1 atom stereocenters. The van der Waals surface area contributed by atoms with Gasteiger partial charge < -0.3 is 10.6 Å². The molecule has 6 heteroatoms. The summed E-state index contributed by atoms with van der Waals surface area (Å²) in [6.45, 7) is 6.57. The van der Waals surface area contributed by atoms with Gasteiger partial charge in [-0.25, -0.2) is 8.42 Å². The van der Waals surface area contributed by atoms with Crippen molar-refractivity contribution in [1.82, 2.24) is 5.32 Å². The summed E-state index contributed by atoms with van der Waals surface area (Å²) in [6.07, 6.45) is 0.468. The van der Waals surface area contributed by atoms with Gasteiger partial charge in [0.05, 0.1) is 17.0 Å². The lowest BCUT2D eigenvalue weighted by Crippen LogP contribution is -2.46. The molecule has 0 radical (unpaired) electrons. The standard InChI is InChI=1S/C15H22N2O3S/c1-4-16-13-6-5-12(9-11(13)2)14(18)17-15(3)7-8-21(19,20)10-15/h5-6,9,16H,4,7-8,10H2,1-3H3,(H,17,18). The van der Waals surface area contributed by atoms with Crippen LogP contribution in [0.5, 0.6) is 0 Å². The minimum atomic E-state index is -3.03. The molecule has 0 spiro atoms. The Morgan fingerprint density at radius 3 is 2.62 bits per heavy atom. The van der Waals surface area contributed by atoms with E-state index in [0.29, 0.717) is 12.0 Å². The van der Waals surface area contributed by atoms with Crippen LogP contribution in [0.2, 0.25) is 0 Å². The zero-order valence-corrected chi connectivity index (χ0v) is 13.5. The molecular weight excluding hydrogens is 288 g/mol. The maximum atomic E-state index is 12.3. The maximum absolute atomic E-state index is 12.3. The van der Waals surface area contributed by atoms with Crippen LogP contribution in [0.4, 0.5) is 5.69 Å². The molecule has 1 unspecified atom stereocenters. The van der Waals surface area contributed by atoms with Gasteiger partial charge in [0.25, 0.3) is 5.91 Å². The molecule has 1 aromatic carbocycles. The Morgan fingerprint density at radius 1 is 1.38 bits per heavy atom. The summed E-state index contributed by atoms with van der Waals surface area (Å²) in [4.78, 5) is 12.3. The number of rotatable bonds is 4. The largest absolute Gasteiger partial charge is 0.385 e. The molecule has 1 aliphatic heterocycles. The molecule has 5 nitrogen and oxygen atoms in total. The van der Waals surface area contributed by atoms with Crippen LogP contribution in [-0.2, 0) is 9.84 Å². The van der Waals surface area contributed by atoms with Crippen molar-refractivity contribution in [3.05, 3.63) is 29.3 Å². The first-order valence-electron chi connectivity index (χ1n) is 7.12. The van der Waals surface area contributed by atoms with Crippen molar-refractivity contribution in [2.45, 2.75) is 32.7 Å². The van der Waals surface area contributed by atoms with Crippen molar-refractivity contribution in [2.75, 3.05) is 23.4 Å². The molecule has 0 saturated carbocycles. The van der Waals surface area contributed by atoms with E-state index < -0.39 is 15.4 Å². The minimum Gasteiger partial charge on any atom is -0.385 e. The molecular formula is C15H22N2O3S. The molecule has 116 valence electrons. The number of amides is 1. The SMILES string of the molecule is CCNc1ccc(C(=O)NC2(C)CCS(=O)(=O)C2)cc1C. The quantitative estimate of drug-likeness (QED) is 0.888. The molecule has 1 aromatic rings. The first-order valence-corrected chi connectivity index (χ1v) is 8.94. The molecule has 1 heterocycles. The van der Waals surface area contributed by atoms with Crippen molar-refractivity contribution < 1.29 is 13.2 Å². The topological polar surface area (TPSA) is 75.3 Å². The van der Waals surface area contributed by atoms with Crippen molar-refractivity contribution in [2.24, 2.45) is 0 Å². The van der Waals surface area contributed by atoms with Crippen LogP contribution in [-0.4, -0.2) is 37.9 Å². The van der Waals surface area contributed by atoms with Gasteiger partial charge in [-0.1, -0.05) is 0 Å². The molecule has 2 N–H and O–H groups in total. The second-order valence-electron chi connectivity index (χ2n) is 5.92. The van der Waals surface area contributed by atoms with Gasteiger partial charge in [-0.3, -0.25) is 4.79 Å². The van der Waals surface area contributed by atoms with Crippen molar-refractivity contribution >= 4 is 21.4 Å². The van der Waals surface area contributed by atoms with E-state index in [1.54, 1.807) is 13.0 Å². The Labute approximate surface area is 126 Å². The second-order valence-corrected chi connectivity index (χ2v) is 8.10. The van der Waals surface area contributed by atoms with Crippen LogP contribution < -0.4 is 10.6 Å². The van der Waals surface area contributed by atoms with Crippen LogP contribution in [0.1, 0.15) is 36.2 Å². The van der Waals surface area contributed by atoms with Gasteiger partial charge in [-0.15, -0.1) is 0 Å². The lowest BCUT2D eigenvalue weighted by molar-refractivity contribution is 0.0915. The summed E-state index contributed by atoms with van der Waals surface area (Å²) in [5.41, 5.74) is 1.89. The minimum absolute atomic E-state index is 0.0141. The fourth-order valence-corrected chi connectivity index (χ4v) is 4.74. The van der Waals surface area contributed by atoms with E-state index in [1.807, 2.05) is 26.0 Å². The number of anilines is 1. The zero-order chi connectivity index (χ0) is 15.7. The molecule has 1 fully saturated rings. The number of carbonyl (C=O) groups excluding carboxylic acids is 1. The highest BCUT2D eigenvalue weighted by Gasteiger charge is 2.39. The summed E-state index contributed by atoms with van der Waals surface area (Å²) >= 11 is 0.